The molecule has 0 saturated heterocycles. The zero-order valence-electron chi connectivity index (χ0n) is 11.8. The van der Waals surface area contributed by atoms with Crippen LogP contribution in [-0.4, -0.2) is 24.2 Å². The Morgan fingerprint density at radius 2 is 1.84 bits per heavy atom. The fourth-order valence-electron chi connectivity index (χ4n) is 1.97. The van der Waals surface area contributed by atoms with Crippen molar-refractivity contribution in [1.29, 1.82) is 0 Å². The van der Waals surface area contributed by atoms with E-state index in [4.69, 9.17) is 10.5 Å². The Bertz CT molecular complexity index is 445. The molecule has 1 unspecified atom stereocenters. The van der Waals surface area contributed by atoms with Gasteiger partial charge >= 0.3 is 0 Å². The lowest BCUT2D eigenvalue weighted by Crippen LogP contribution is -2.52. The molecule has 0 aliphatic rings. The van der Waals surface area contributed by atoms with Crippen LogP contribution in [0.15, 0.2) is 24.3 Å². The normalized spacial score (nSPS) is 14.8. The number of benzene rings is 1. The van der Waals surface area contributed by atoms with Crippen LogP contribution >= 0.6 is 0 Å². The number of nitrogens with one attached hydrogen (secondary N) is 1. The second kappa shape index (κ2) is 5.57. The smallest absolute Gasteiger partial charge is 0.242 e. The van der Waals surface area contributed by atoms with E-state index in [2.05, 4.69) is 5.32 Å². The van der Waals surface area contributed by atoms with Crippen LogP contribution in [0.1, 0.15) is 27.2 Å². The summed E-state index contributed by atoms with van der Waals surface area (Å²) in [6.07, 6.45) is 0.392. The van der Waals surface area contributed by atoms with E-state index in [-0.39, 0.29) is 5.82 Å². The predicted molar refractivity (Wildman–Crippen MR) is 73.3 cm³/mol. The zero-order valence-corrected chi connectivity index (χ0v) is 11.8. The number of anilines is 1. The van der Waals surface area contributed by atoms with Gasteiger partial charge in [0.05, 0.1) is 5.60 Å². The number of hydrogen-bond acceptors (Lipinski definition) is 3. The van der Waals surface area contributed by atoms with Crippen molar-refractivity contribution < 1.29 is 13.9 Å². The minimum atomic E-state index is -0.975. The number of halogens is 1. The number of amides is 1. The van der Waals surface area contributed by atoms with Gasteiger partial charge in [-0.15, -0.1) is 0 Å². The second-order valence-corrected chi connectivity index (χ2v) is 5.47. The van der Waals surface area contributed by atoms with Gasteiger partial charge in [-0.2, -0.15) is 0 Å². The minimum Gasteiger partial charge on any atom is -0.379 e. The van der Waals surface area contributed by atoms with Crippen LogP contribution in [-0.2, 0) is 9.53 Å². The lowest BCUT2D eigenvalue weighted by atomic mass is 9.86. The van der Waals surface area contributed by atoms with Gasteiger partial charge < -0.3 is 15.8 Å². The standard InChI is InChI=1S/C14H21FN2O2/c1-13(2,19-4)9-14(3,12(16)18)17-11-7-5-10(15)6-8-11/h5-8,17H,9H2,1-4H3,(H2,16,18). The van der Waals surface area contributed by atoms with Gasteiger partial charge in [0.1, 0.15) is 11.4 Å². The van der Waals surface area contributed by atoms with Crippen molar-refractivity contribution in [2.75, 3.05) is 12.4 Å². The Hall–Kier alpha value is -1.62. The molecule has 0 fully saturated rings. The number of nitrogens with two attached hydrogens (primary N) is 1. The van der Waals surface area contributed by atoms with Crippen molar-refractivity contribution in [3.63, 3.8) is 0 Å². The monoisotopic (exact) mass is 268 g/mol. The summed E-state index contributed by atoms with van der Waals surface area (Å²) in [7, 11) is 1.58. The lowest BCUT2D eigenvalue weighted by molar-refractivity contribution is -0.124. The molecule has 106 valence electrons. The number of carbonyl (C=O) groups excluding carboxylic acids is 1. The number of hydrogen-bond donors (Lipinski definition) is 2. The van der Waals surface area contributed by atoms with Gasteiger partial charge in [0.25, 0.3) is 0 Å². The largest absolute Gasteiger partial charge is 0.379 e. The third-order valence-corrected chi connectivity index (χ3v) is 3.14. The van der Waals surface area contributed by atoms with Crippen LogP contribution in [0.4, 0.5) is 10.1 Å². The molecular weight excluding hydrogens is 247 g/mol. The van der Waals surface area contributed by atoms with E-state index in [0.717, 1.165) is 0 Å². The highest BCUT2D eigenvalue weighted by atomic mass is 19.1. The lowest BCUT2D eigenvalue weighted by Gasteiger charge is -2.35. The summed E-state index contributed by atoms with van der Waals surface area (Å²) in [5, 5.41) is 3.05. The number of primary amides is 1. The third kappa shape index (κ3) is 4.21. The fourth-order valence-corrected chi connectivity index (χ4v) is 1.97. The van der Waals surface area contributed by atoms with Crippen molar-refractivity contribution in [3.8, 4) is 0 Å². The summed E-state index contributed by atoms with van der Waals surface area (Å²) in [6.45, 7) is 5.46. The molecule has 3 N–H and O–H groups in total. The number of rotatable bonds is 6. The molecule has 0 aromatic heterocycles. The molecule has 1 aromatic carbocycles. The molecular formula is C14H21FN2O2. The van der Waals surface area contributed by atoms with Crippen LogP contribution in [0.3, 0.4) is 0 Å². The fraction of sp³-hybridized carbons (Fsp3) is 0.500. The van der Waals surface area contributed by atoms with E-state index in [1.54, 1.807) is 26.2 Å². The molecule has 5 heteroatoms. The maximum absolute atomic E-state index is 12.9. The molecule has 19 heavy (non-hydrogen) atoms. The van der Waals surface area contributed by atoms with Crippen molar-refractivity contribution in [2.24, 2.45) is 5.73 Å². The van der Waals surface area contributed by atoms with Gasteiger partial charge in [0.15, 0.2) is 0 Å². The summed E-state index contributed by atoms with van der Waals surface area (Å²) >= 11 is 0. The summed E-state index contributed by atoms with van der Waals surface area (Å²) in [6, 6.07) is 5.78. The summed E-state index contributed by atoms with van der Waals surface area (Å²) in [5.74, 6) is -0.814. The number of ether oxygens (including phenoxy) is 1. The summed E-state index contributed by atoms with van der Waals surface area (Å²) < 4.78 is 18.2. The molecule has 0 aliphatic carbocycles. The van der Waals surface area contributed by atoms with E-state index in [1.807, 2.05) is 13.8 Å². The Balaban J connectivity index is 2.94. The molecule has 0 radical (unpaired) electrons. The zero-order chi connectivity index (χ0) is 14.7. The minimum absolute atomic E-state index is 0.330. The highest BCUT2D eigenvalue weighted by Crippen LogP contribution is 2.26. The molecule has 1 aromatic rings. The van der Waals surface area contributed by atoms with E-state index in [1.165, 1.54) is 12.1 Å². The first-order valence-corrected chi connectivity index (χ1v) is 6.07. The quantitative estimate of drug-likeness (QED) is 0.832. The van der Waals surface area contributed by atoms with Crippen molar-refractivity contribution in [2.45, 2.75) is 38.3 Å². The van der Waals surface area contributed by atoms with Crippen LogP contribution in [0, 0.1) is 5.82 Å². The van der Waals surface area contributed by atoms with Gasteiger partial charge in [-0.1, -0.05) is 0 Å². The number of methoxy groups -OCH3 is 1. The first-order valence-electron chi connectivity index (χ1n) is 6.07. The van der Waals surface area contributed by atoms with Crippen LogP contribution in [0.5, 0.6) is 0 Å². The topological polar surface area (TPSA) is 64.3 Å². The van der Waals surface area contributed by atoms with Crippen molar-refractivity contribution in [1.82, 2.24) is 0 Å². The van der Waals surface area contributed by atoms with Crippen LogP contribution in [0.2, 0.25) is 0 Å². The molecule has 0 spiro atoms. The number of carbonyl (C=O) groups is 1. The predicted octanol–water partition coefficient (Wildman–Crippen LogP) is 2.30. The van der Waals surface area contributed by atoms with Gasteiger partial charge in [-0.3, -0.25) is 4.79 Å². The maximum atomic E-state index is 12.9. The van der Waals surface area contributed by atoms with Gasteiger partial charge in [-0.25, -0.2) is 4.39 Å². The molecule has 1 atom stereocenters. The third-order valence-electron chi connectivity index (χ3n) is 3.14. The summed E-state index contributed by atoms with van der Waals surface area (Å²) in [4.78, 5) is 11.7. The Labute approximate surface area is 113 Å². The van der Waals surface area contributed by atoms with E-state index in [9.17, 15) is 9.18 Å². The average Bonchev–Trinajstić information content (AvgIpc) is 2.31. The summed E-state index contributed by atoms with van der Waals surface area (Å²) in [5.41, 5.74) is 4.64. The SMILES string of the molecule is COC(C)(C)CC(C)(Nc1ccc(F)cc1)C(N)=O. The van der Waals surface area contributed by atoms with Crippen LogP contribution in [0.25, 0.3) is 0 Å². The Kier molecular flexibility index (Phi) is 4.52. The molecule has 0 bridgehead atoms. The average molecular weight is 268 g/mol. The van der Waals surface area contributed by atoms with Crippen LogP contribution < -0.4 is 11.1 Å². The van der Waals surface area contributed by atoms with Gasteiger partial charge in [-0.05, 0) is 45.0 Å². The molecule has 0 aliphatic heterocycles. The molecule has 1 amide bonds. The Morgan fingerprint density at radius 1 is 1.32 bits per heavy atom. The van der Waals surface area contributed by atoms with Crippen molar-refractivity contribution >= 4 is 11.6 Å². The Morgan fingerprint density at radius 3 is 2.26 bits per heavy atom. The van der Waals surface area contributed by atoms with Gasteiger partial charge in [0.2, 0.25) is 5.91 Å². The first-order chi connectivity index (χ1) is 8.68. The van der Waals surface area contributed by atoms with Gasteiger partial charge in [0, 0.05) is 19.2 Å². The molecule has 1 rings (SSSR count). The van der Waals surface area contributed by atoms with Crippen molar-refractivity contribution in [3.05, 3.63) is 30.1 Å². The van der Waals surface area contributed by atoms with E-state index < -0.39 is 17.0 Å². The van der Waals surface area contributed by atoms with E-state index in [0.29, 0.717) is 12.1 Å². The van der Waals surface area contributed by atoms with E-state index >= 15 is 0 Å². The highest BCUT2D eigenvalue weighted by molar-refractivity contribution is 5.87. The first kappa shape index (κ1) is 15.4. The molecule has 0 saturated carbocycles. The second-order valence-electron chi connectivity index (χ2n) is 5.47. The molecule has 4 nitrogen and oxygen atoms in total. The molecule has 0 heterocycles. The maximum Gasteiger partial charge on any atom is 0.242 e. The highest BCUT2D eigenvalue weighted by Gasteiger charge is 2.37.